The topological polar surface area (TPSA) is 75.7 Å². The van der Waals surface area contributed by atoms with E-state index in [1.54, 1.807) is 48.5 Å². The first-order valence-electron chi connectivity index (χ1n) is 10.6. The number of ether oxygens (including phenoxy) is 1. The van der Waals surface area contributed by atoms with Gasteiger partial charge in [0.15, 0.2) is 0 Å². The fraction of sp³-hybridized carbons (Fsp3) is 0.240. The number of anilines is 1. The number of benzene rings is 3. The molecule has 3 aromatic rings. The van der Waals surface area contributed by atoms with Gasteiger partial charge in [-0.3, -0.25) is 9.10 Å². The van der Waals surface area contributed by atoms with Crippen LogP contribution in [0.1, 0.15) is 31.0 Å². The van der Waals surface area contributed by atoms with Crippen molar-refractivity contribution in [1.29, 1.82) is 0 Å². The van der Waals surface area contributed by atoms with Gasteiger partial charge >= 0.3 is 0 Å². The Bertz CT molecular complexity index is 1180. The van der Waals surface area contributed by atoms with Gasteiger partial charge in [0.2, 0.25) is 5.91 Å². The minimum absolute atomic E-state index is 0.128. The van der Waals surface area contributed by atoms with Crippen LogP contribution in [0.3, 0.4) is 0 Å². The molecule has 0 aliphatic rings. The van der Waals surface area contributed by atoms with Gasteiger partial charge < -0.3 is 10.1 Å². The Balaban J connectivity index is 1.83. The van der Waals surface area contributed by atoms with E-state index in [9.17, 15) is 13.2 Å². The van der Waals surface area contributed by atoms with Crippen LogP contribution < -0.4 is 14.4 Å². The fourth-order valence-corrected chi connectivity index (χ4v) is 4.97. The van der Waals surface area contributed by atoms with Crippen LogP contribution >= 0.6 is 15.9 Å². The van der Waals surface area contributed by atoms with Crippen molar-refractivity contribution in [2.45, 2.75) is 31.7 Å². The van der Waals surface area contributed by atoms with Crippen molar-refractivity contribution in [2.75, 3.05) is 17.5 Å². The number of nitrogens with zero attached hydrogens (tertiary/aromatic N) is 1. The number of carbonyl (C=O) groups is 1. The highest BCUT2D eigenvalue weighted by Gasteiger charge is 2.27. The molecule has 3 aromatic carbocycles. The van der Waals surface area contributed by atoms with Crippen molar-refractivity contribution in [3.8, 4) is 5.75 Å². The summed E-state index contributed by atoms with van der Waals surface area (Å²) in [5.74, 6) is 0.348. The molecule has 3 rings (SSSR count). The van der Waals surface area contributed by atoms with Gasteiger partial charge in [-0.1, -0.05) is 45.8 Å². The predicted molar refractivity (Wildman–Crippen MR) is 134 cm³/mol. The number of hydrogen-bond donors (Lipinski definition) is 1. The largest absolute Gasteiger partial charge is 0.494 e. The van der Waals surface area contributed by atoms with E-state index in [0.717, 1.165) is 25.7 Å². The standard InChI is InChI=1S/C25H27BrN2O4S/c1-4-32-23-13-7-20(8-14-23)19(3)27-25(29)17-28(22-11-9-21(26)10-12-22)33(30,31)24-15-5-18(2)6-16-24/h5-16,19H,4,17H2,1-3H3,(H,27,29)/t19-/m1/s1. The third kappa shape index (κ3) is 6.36. The van der Waals surface area contributed by atoms with Gasteiger partial charge in [0.25, 0.3) is 10.0 Å². The predicted octanol–water partition coefficient (Wildman–Crippen LogP) is 5.23. The van der Waals surface area contributed by atoms with E-state index < -0.39 is 15.9 Å². The summed E-state index contributed by atoms with van der Waals surface area (Å²) in [6.45, 7) is 5.88. The highest BCUT2D eigenvalue weighted by molar-refractivity contribution is 9.10. The Labute approximate surface area is 203 Å². The van der Waals surface area contributed by atoms with Crippen LogP contribution in [0, 0.1) is 6.92 Å². The van der Waals surface area contributed by atoms with Crippen LogP contribution in [0.2, 0.25) is 0 Å². The second-order valence-corrected chi connectivity index (χ2v) is 10.4. The lowest BCUT2D eigenvalue weighted by atomic mass is 10.1. The van der Waals surface area contributed by atoms with E-state index >= 15 is 0 Å². The average Bonchev–Trinajstić information content (AvgIpc) is 2.79. The van der Waals surface area contributed by atoms with E-state index in [0.29, 0.717) is 12.3 Å². The lowest BCUT2D eigenvalue weighted by Gasteiger charge is -2.25. The molecule has 0 bridgehead atoms. The van der Waals surface area contributed by atoms with Crippen molar-refractivity contribution in [1.82, 2.24) is 5.32 Å². The monoisotopic (exact) mass is 530 g/mol. The van der Waals surface area contributed by atoms with Crippen LogP contribution in [0.4, 0.5) is 5.69 Å². The summed E-state index contributed by atoms with van der Waals surface area (Å²) >= 11 is 3.37. The second-order valence-electron chi connectivity index (χ2n) is 7.59. The molecule has 0 saturated heterocycles. The molecule has 0 spiro atoms. The summed E-state index contributed by atoms with van der Waals surface area (Å²) in [7, 11) is -3.95. The molecule has 0 heterocycles. The smallest absolute Gasteiger partial charge is 0.264 e. The zero-order valence-corrected chi connectivity index (χ0v) is 21.2. The maximum Gasteiger partial charge on any atom is 0.264 e. The number of nitrogens with one attached hydrogen (secondary N) is 1. The van der Waals surface area contributed by atoms with Crippen molar-refractivity contribution in [3.05, 3.63) is 88.4 Å². The Morgan fingerprint density at radius 2 is 1.61 bits per heavy atom. The van der Waals surface area contributed by atoms with Crippen molar-refractivity contribution in [3.63, 3.8) is 0 Å². The molecular weight excluding hydrogens is 504 g/mol. The maximum atomic E-state index is 13.4. The average molecular weight is 531 g/mol. The Hall–Kier alpha value is -2.84. The third-order valence-electron chi connectivity index (χ3n) is 5.08. The first-order valence-corrected chi connectivity index (χ1v) is 12.8. The Kier molecular flexibility index (Phi) is 8.15. The van der Waals surface area contributed by atoms with Gasteiger partial charge in [-0.15, -0.1) is 0 Å². The molecule has 174 valence electrons. The van der Waals surface area contributed by atoms with E-state index in [2.05, 4.69) is 21.2 Å². The second kappa shape index (κ2) is 10.9. The molecule has 33 heavy (non-hydrogen) atoms. The zero-order valence-electron chi connectivity index (χ0n) is 18.8. The number of amides is 1. The summed E-state index contributed by atoms with van der Waals surface area (Å²) in [6, 6.07) is 20.5. The normalized spacial score (nSPS) is 12.1. The van der Waals surface area contributed by atoms with Crippen LogP contribution in [-0.4, -0.2) is 27.5 Å². The number of aryl methyl sites for hydroxylation is 1. The molecule has 0 fully saturated rings. The van der Waals surface area contributed by atoms with Crippen LogP contribution in [-0.2, 0) is 14.8 Å². The summed E-state index contributed by atoms with van der Waals surface area (Å²) in [5.41, 5.74) is 2.25. The van der Waals surface area contributed by atoms with E-state index in [4.69, 9.17) is 4.74 Å². The molecule has 0 radical (unpaired) electrons. The number of rotatable bonds is 9. The molecule has 0 aromatic heterocycles. The third-order valence-corrected chi connectivity index (χ3v) is 7.40. The molecule has 0 saturated carbocycles. The lowest BCUT2D eigenvalue weighted by Crippen LogP contribution is -2.41. The van der Waals surface area contributed by atoms with E-state index in [-0.39, 0.29) is 17.5 Å². The molecule has 1 amide bonds. The number of hydrogen-bond acceptors (Lipinski definition) is 4. The Morgan fingerprint density at radius 1 is 1.00 bits per heavy atom. The highest BCUT2D eigenvalue weighted by Crippen LogP contribution is 2.26. The minimum Gasteiger partial charge on any atom is -0.494 e. The minimum atomic E-state index is -3.95. The molecule has 6 nitrogen and oxygen atoms in total. The van der Waals surface area contributed by atoms with E-state index in [1.807, 2.05) is 45.0 Å². The first-order chi connectivity index (χ1) is 15.7. The van der Waals surface area contributed by atoms with Gasteiger partial charge in [-0.25, -0.2) is 8.42 Å². The van der Waals surface area contributed by atoms with E-state index in [1.165, 1.54) is 0 Å². The number of halogens is 1. The number of carbonyl (C=O) groups excluding carboxylic acids is 1. The SMILES string of the molecule is CCOc1ccc([C@@H](C)NC(=O)CN(c2ccc(Br)cc2)S(=O)(=O)c2ccc(C)cc2)cc1. The molecular formula is C25H27BrN2O4S. The number of sulfonamides is 1. The van der Waals surface area contributed by atoms with Gasteiger partial charge in [0.1, 0.15) is 12.3 Å². The molecule has 0 aliphatic carbocycles. The van der Waals surface area contributed by atoms with Crippen LogP contribution in [0.5, 0.6) is 5.75 Å². The van der Waals surface area contributed by atoms with Crippen molar-refractivity contribution in [2.24, 2.45) is 0 Å². The molecule has 1 N–H and O–H groups in total. The van der Waals surface area contributed by atoms with Gasteiger partial charge in [0, 0.05) is 4.47 Å². The zero-order chi connectivity index (χ0) is 24.0. The summed E-state index contributed by atoms with van der Waals surface area (Å²) in [6.07, 6.45) is 0. The summed E-state index contributed by atoms with van der Waals surface area (Å²) in [5, 5.41) is 2.90. The molecule has 8 heteroatoms. The maximum absolute atomic E-state index is 13.4. The fourth-order valence-electron chi connectivity index (χ4n) is 3.28. The van der Waals surface area contributed by atoms with Gasteiger partial charge in [-0.2, -0.15) is 0 Å². The quantitative estimate of drug-likeness (QED) is 0.411. The summed E-state index contributed by atoms with van der Waals surface area (Å²) in [4.78, 5) is 13.1. The molecule has 1 atom stereocenters. The molecule has 0 aliphatic heterocycles. The summed E-state index contributed by atoms with van der Waals surface area (Å²) < 4.78 is 34.3. The van der Waals surface area contributed by atoms with Gasteiger partial charge in [0.05, 0.1) is 23.2 Å². The first kappa shape index (κ1) is 24.8. The Morgan fingerprint density at radius 3 is 2.18 bits per heavy atom. The van der Waals surface area contributed by atoms with Gasteiger partial charge in [-0.05, 0) is 74.9 Å². The lowest BCUT2D eigenvalue weighted by molar-refractivity contribution is -0.120. The van der Waals surface area contributed by atoms with Crippen LogP contribution in [0.25, 0.3) is 0 Å². The van der Waals surface area contributed by atoms with Crippen LogP contribution in [0.15, 0.2) is 82.2 Å². The highest BCUT2D eigenvalue weighted by atomic mass is 79.9. The molecule has 0 unspecified atom stereocenters. The van der Waals surface area contributed by atoms with Crippen molar-refractivity contribution < 1.29 is 17.9 Å². The van der Waals surface area contributed by atoms with Crippen molar-refractivity contribution >= 4 is 37.5 Å².